The van der Waals surface area contributed by atoms with Crippen molar-refractivity contribution in [2.45, 2.75) is 13.0 Å². The third-order valence-electron chi connectivity index (χ3n) is 6.32. The Balaban J connectivity index is 1.37. The Labute approximate surface area is 206 Å². The summed E-state index contributed by atoms with van der Waals surface area (Å²) in [6.45, 7) is 3.32. The Hall–Kier alpha value is -4.58. The number of nitrogens with zero attached hydrogens (tertiary/aromatic N) is 5. The highest BCUT2D eigenvalue weighted by atomic mass is 19.1. The van der Waals surface area contributed by atoms with Crippen LogP contribution in [0, 0.1) is 23.0 Å². The van der Waals surface area contributed by atoms with Crippen LogP contribution in [0.15, 0.2) is 66.7 Å². The quantitative estimate of drug-likeness (QED) is 0.433. The van der Waals surface area contributed by atoms with Gasteiger partial charge in [0.2, 0.25) is 0 Å². The predicted octanol–water partition coefficient (Wildman–Crippen LogP) is 5.19. The third kappa shape index (κ3) is 4.41. The molecule has 1 aliphatic heterocycles. The van der Waals surface area contributed by atoms with Gasteiger partial charge in [0, 0.05) is 48.1 Å². The van der Waals surface area contributed by atoms with Crippen molar-refractivity contribution >= 4 is 28.3 Å². The number of benzene rings is 3. The van der Waals surface area contributed by atoms with E-state index in [0.717, 1.165) is 40.0 Å². The zero-order valence-corrected chi connectivity index (χ0v) is 19.4. The normalized spacial score (nSPS) is 15.6. The van der Waals surface area contributed by atoms with Gasteiger partial charge in [-0.05, 0) is 31.2 Å². The minimum Gasteiger partial charge on any atom is -0.351 e. The second kappa shape index (κ2) is 9.58. The number of nitrogens with one attached hydrogen (secondary N) is 1. The number of nitriles is 1. The van der Waals surface area contributed by atoms with Gasteiger partial charge in [-0.25, -0.2) is 13.6 Å². The molecule has 4 aromatic rings. The summed E-state index contributed by atoms with van der Waals surface area (Å²) in [5.74, 6) is -0.802. The number of hydrogen-bond acceptors (Lipinski definition) is 5. The summed E-state index contributed by atoms with van der Waals surface area (Å²) in [4.78, 5) is 16.5. The Morgan fingerprint density at radius 3 is 2.47 bits per heavy atom. The molecule has 9 heteroatoms. The third-order valence-corrected chi connectivity index (χ3v) is 6.32. The summed E-state index contributed by atoms with van der Waals surface area (Å²) < 4.78 is 27.2. The molecule has 0 spiro atoms. The number of anilines is 2. The molecule has 7 nitrogen and oxygen atoms in total. The maximum atomic E-state index is 14.0. The molecule has 1 atom stereocenters. The van der Waals surface area contributed by atoms with Crippen molar-refractivity contribution in [3.8, 4) is 17.3 Å². The van der Waals surface area contributed by atoms with Crippen LogP contribution in [0.5, 0.6) is 0 Å². The van der Waals surface area contributed by atoms with Crippen LogP contribution >= 0.6 is 0 Å². The van der Waals surface area contributed by atoms with Gasteiger partial charge in [0.25, 0.3) is 0 Å². The van der Waals surface area contributed by atoms with Crippen LogP contribution in [-0.2, 0) is 0 Å². The predicted molar refractivity (Wildman–Crippen MR) is 133 cm³/mol. The Bertz CT molecular complexity index is 1480. The van der Waals surface area contributed by atoms with Crippen LogP contribution in [-0.4, -0.2) is 46.8 Å². The van der Waals surface area contributed by atoms with Gasteiger partial charge >= 0.3 is 6.03 Å². The second-order valence-corrected chi connectivity index (χ2v) is 8.65. The molecule has 5 rings (SSSR count). The van der Waals surface area contributed by atoms with E-state index in [4.69, 9.17) is 5.26 Å². The van der Waals surface area contributed by atoms with E-state index in [1.807, 2.05) is 43.3 Å². The zero-order valence-electron chi connectivity index (χ0n) is 19.4. The smallest absolute Gasteiger partial charge is 0.322 e. The molecule has 1 N–H and O–H groups in total. The molecule has 36 heavy (non-hydrogen) atoms. The summed E-state index contributed by atoms with van der Waals surface area (Å²) in [5.41, 5.74) is 2.11. The van der Waals surface area contributed by atoms with E-state index in [1.54, 1.807) is 17.0 Å². The van der Waals surface area contributed by atoms with Gasteiger partial charge in [-0.2, -0.15) is 5.26 Å². The fourth-order valence-corrected chi connectivity index (χ4v) is 4.47. The van der Waals surface area contributed by atoms with Gasteiger partial charge in [-0.1, -0.05) is 36.4 Å². The molecule has 1 saturated heterocycles. The average Bonchev–Trinajstić information content (AvgIpc) is 2.89. The number of urea groups is 1. The minimum absolute atomic E-state index is 0.0636. The first-order valence-corrected chi connectivity index (χ1v) is 11.5. The van der Waals surface area contributed by atoms with Crippen LogP contribution in [0.1, 0.15) is 12.5 Å². The fraction of sp³-hybridized carbons (Fsp3) is 0.185. The summed E-state index contributed by atoms with van der Waals surface area (Å²) in [6.07, 6.45) is 0. The van der Waals surface area contributed by atoms with Crippen LogP contribution in [0.4, 0.5) is 25.1 Å². The van der Waals surface area contributed by atoms with E-state index in [0.29, 0.717) is 25.2 Å². The summed E-state index contributed by atoms with van der Waals surface area (Å²) in [7, 11) is 0. The summed E-state index contributed by atoms with van der Waals surface area (Å²) in [6, 6.07) is 19.6. The number of halogens is 2. The topological polar surface area (TPSA) is 85.2 Å². The lowest BCUT2D eigenvalue weighted by Crippen LogP contribution is -2.55. The first-order valence-electron chi connectivity index (χ1n) is 11.5. The van der Waals surface area contributed by atoms with Crippen molar-refractivity contribution in [2.24, 2.45) is 0 Å². The zero-order chi connectivity index (χ0) is 25.2. The van der Waals surface area contributed by atoms with Crippen molar-refractivity contribution in [1.82, 2.24) is 15.1 Å². The molecule has 1 aromatic heterocycles. The monoisotopic (exact) mass is 484 g/mol. The lowest BCUT2D eigenvalue weighted by molar-refractivity contribution is 0.184. The van der Waals surface area contributed by atoms with Gasteiger partial charge in [0.1, 0.15) is 17.3 Å². The van der Waals surface area contributed by atoms with Gasteiger partial charge < -0.3 is 15.1 Å². The first kappa shape index (κ1) is 23.2. The molecule has 0 saturated carbocycles. The molecule has 0 bridgehead atoms. The number of fused-ring (bicyclic) bond motifs is 1. The second-order valence-electron chi connectivity index (χ2n) is 8.65. The Morgan fingerprint density at radius 1 is 1.03 bits per heavy atom. The molecule has 2 heterocycles. The standard InChI is InChI=1S/C27H22F2N6O/c1-17-16-34(12-13-35(17)27(36)31-24-11-10-20(28)14-23(24)29)26-22-5-3-2-4-21(22)25(32-33-26)19-8-6-18(15-30)7-9-19/h2-11,14,17H,12-13,16H2,1H3,(H,31,36)/t17-/m0/s1. The van der Waals surface area contributed by atoms with Crippen molar-refractivity contribution < 1.29 is 13.6 Å². The molecule has 1 aliphatic rings. The van der Waals surface area contributed by atoms with Crippen LogP contribution in [0.25, 0.3) is 22.0 Å². The van der Waals surface area contributed by atoms with Crippen LogP contribution in [0.3, 0.4) is 0 Å². The van der Waals surface area contributed by atoms with E-state index in [2.05, 4.69) is 26.5 Å². The molecule has 0 unspecified atom stereocenters. The van der Waals surface area contributed by atoms with Gasteiger partial charge in [-0.3, -0.25) is 0 Å². The molecular formula is C27H22F2N6O. The number of carbonyl (C=O) groups excluding carboxylic acids is 1. The van der Waals surface area contributed by atoms with E-state index >= 15 is 0 Å². The van der Waals surface area contributed by atoms with Gasteiger partial charge in [-0.15, -0.1) is 10.2 Å². The fourth-order valence-electron chi connectivity index (χ4n) is 4.47. The van der Waals surface area contributed by atoms with E-state index in [1.165, 1.54) is 6.07 Å². The van der Waals surface area contributed by atoms with Crippen molar-refractivity contribution in [1.29, 1.82) is 5.26 Å². The average molecular weight is 485 g/mol. The Morgan fingerprint density at radius 2 is 1.78 bits per heavy atom. The lowest BCUT2D eigenvalue weighted by Gasteiger charge is -2.40. The maximum absolute atomic E-state index is 14.0. The number of piperazine rings is 1. The summed E-state index contributed by atoms with van der Waals surface area (Å²) >= 11 is 0. The summed E-state index contributed by atoms with van der Waals surface area (Å²) in [5, 5.41) is 22.6. The number of hydrogen-bond donors (Lipinski definition) is 1. The lowest BCUT2D eigenvalue weighted by atomic mass is 10.0. The molecule has 0 radical (unpaired) electrons. The van der Waals surface area contributed by atoms with Gasteiger partial charge in [0.05, 0.1) is 17.3 Å². The van der Waals surface area contributed by atoms with E-state index < -0.39 is 17.7 Å². The highest BCUT2D eigenvalue weighted by molar-refractivity contribution is 6.00. The number of carbonyl (C=O) groups is 1. The number of rotatable bonds is 3. The van der Waals surface area contributed by atoms with Gasteiger partial charge in [0.15, 0.2) is 5.82 Å². The number of aromatic nitrogens is 2. The largest absolute Gasteiger partial charge is 0.351 e. The highest BCUT2D eigenvalue weighted by Gasteiger charge is 2.30. The first-order chi connectivity index (χ1) is 17.4. The van der Waals surface area contributed by atoms with Crippen LogP contribution in [0.2, 0.25) is 0 Å². The molecule has 3 aromatic carbocycles. The maximum Gasteiger partial charge on any atom is 0.322 e. The molecule has 180 valence electrons. The van der Waals surface area contributed by atoms with E-state index in [9.17, 15) is 13.6 Å². The van der Waals surface area contributed by atoms with Crippen molar-refractivity contribution in [2.75, 3.05) is 29.9 Å². The molecule has 0 aliphatic carbocycles. The Kier molecular flexibility index (Phi) is 6.17. The van der Waals surface area contributed by atoms with Crippen molar-refractivity contribution in [3.05, 3.63) is 83.9 Å². The SMILES string of the molecule is C[C@H]1CN(c2nnc(-c3ccc(C#N)cc3)c3ccccc23)CCN1C(=O)Nc1ccc(F)cc1F. The van der Waals surface area contributed by atoms with E-state index in [-0.39, 0.29) is 11.7 Å². The molecular weight excluding hydrogens is 462 g/mol. The molecule has 2 amide bonds. The minimum atomic E-state index is -0.821. The highest BCUT2D eigenvalue weighted by Crippen LogP contribution is 2.32. The van der Waals surface area contributed by atoms with Crippen LogP contribution < -0.4 is 10.2 Å². The number of amides is 2. The van der Waals surface area contributed by atoms with Crippen molar-refractivity contribution in [3.63, 3.8) is 0 Å². The molecule has 1 fully saturated rings.